The number of likely N-dealkylation sites (N-methyl/N-ethyl adjacent to an activating group) is 1. The highest BCUT2D eigenvalue weighted by Gasteiger charge is 2.19. The SMILES string of the molecule is CCN(CC=Cc1ccccc1)C(=O)c1cnn2ccn(C)c12. The predicted molar refractivity (Wildman–Crippen MR) is 91.2 cm³/mol. The molecule has 0 aliphatic heterocycles. The zero-order valence-electron chi connectivity index (χ0n) is 13.4. The molecule has 0 bridgehead atoms. The molecule has 2 aromatic heterocycles. The first-order valence-electron chi connectivity index (χ1n) is 7.70. The Balaban J connectivity index is 1.76. The maximum absolute atomic E-state index is 12.8. The number of carbonyl (C=O) groups excluding carboxylic acids is 1. The molecule has 0 aliphatic carbocycles. The van der Waals surface area contributed by atoms with Gasteiger partial charge in [0.2, 0.25) is 0 Å². The van der Waals surface area contributed by atoms with Gasteiger partial charge in [-0.15, -0.1) is 0 Å². The highest BCUT2D eigenvalue weighted by atomic mass is 16.2. The van der Waals surface area contributed by atoms with Crippen molar-refractivity contribution in [2.75, 3.05) is 13.1 Å². The Bertz CT molecular complexity index is 829. The average molecular weight is 308 g/mol. The van der Waals surface area contributed by atoms with Crippen LogP contribution < -0.4 is 0 Å². The molecule has 1 amide bonds. The van der Waals surface area contributed by atoms with Crippen LogP contribution >= 0.6 is 0 Å². The van der Waals surface area contributed by atoms with Crippen molar-refractivity contribution >= 4 is 17.6 Å². The first kappa shape index (κ1) is 15.1. The van der Waals surface area contributed by atoms with Crippen LogP contribution in [0.25, 0.3) is 11.7 Å². The number of imidazole rings is 1. The molecule has 0 spiro atoms. The molecule has 0 fully saturated rings. The van der Waals surface area contributed by atoms with E-state index in [0.29, 0.717) is 18.7 Å². The fourth-order valence-corrected chi connectivity index (χ4v) is 2.61. The summed E-state index contributed by atoms with van der Waals surface area (Å²) < 4.78 is 3.63. The van der Waals surface area contributed by atoms with E-state index in [1.165, 1.54) is 0 Å². The van der Waals surface area contributed by atoms with Gasteiger partial charge in [0.05, 0.1) is 6.20 Å². The van der Waals surface area contributed by atoms with E-state index >= 15 is 0 Å². The number of aryl methyl sites for hydroxylation is 1. The zero-order valence-corrected chi connectivity index (χ0v) is 13.4. The van der Waals surface area contributed by atoms with Gasteiger partial charge >= 0.3 is 0 Å². The summed E-state index contributed by atoms with van der Waals surface area (Å²) >= 11 is 0. The summed E-state index contributed by atoms with van der Waals surface area (Å²) in [6.07, 6.45) is 9.43. The third-order valence-corrected chi connectivity index (χ3v) is 3.87. The average Bonchev–Trinajstić information content (AvgIpc) is 3.15. The Labute approximate surface area is 135 Å². The Kier molecular flexibility index (Phi) is 4.28. The summed E-state index contributed by atoms with van der Waals surface area (Å²) in [6, 6.07) is 10.1. The van der Waals surface area contributed by atoms with Crippen LogP contribution in [0.3, 0.4) is 0 Å². The quantitative estimate of drug-likeness (QED) is 0.727. The van der Waals surface area contributed by atoms with E-state index in [2.05, 4.69) is 5.10 Å². The van der Waals surface area contributed by atoms with Gasteiger partial charge in [0.25, 0.3) is 5.91 Å². The number of nitrogens with zero attached hydrogens (tertiary/aromatic N) is 4. The Morgan fingerprint density at radius 1 is 1.26 bits per heavy atom. The van der Waals surface area contributed by atoms with Crippen LogP contribution in [0.5, 0.6) is 0 Å². The molecule has 0 saturated heterocycles. The van der Waals surface area contributed by atoms with Crippen LogP contribution in [0.1, 0.15) is 22.8 Å². The molecule has 5 heteroatoms. The lowest BCUT2D eigenvalue weighted by atomic mass is 10.2. The van der Waals surface area contributed by atoms with E-state index in [-0.39, 0.29) is 5.91 Å². The number of hydrogen-bond acceptors (Lipinski definition) is 2. The van der Waals surface area contributed by atoms with Gasteiger partial charge in [-0.1, -0.05) is 42.5 Å². The molecule has 0 N–H and O–H groups in total. The zero-order chi connectivity index (χ0) is 16.2. The molecule has 23 heavy (non-hydrogen) atoms. The number of fused-ring (bicyclic) bond motifs is 1. The van der Waals surface area contributed by atoms with Crippen LogP contribution in [0, 0.1) is 0 Å². The van der Waals surface area contributed by atoms with Crippen molar-refractivity contribution in [1.82, 2.24) is 19.1 Å². The molecule has 0 unspecified atom stereocenters. The molecular weight excluding hydrogens is 288 g/mol. The van der Waals surface area contributed by atoms with E-state index in [9.17, 15) is 4.79 Å². The smallest absolute Gasteiger partial charge is 0.259 e. The third-order valence-electron chi connectivity index (χ3n) is 3.87. The number of amides is 1. The van der Waals surface area contributed by atoms with Crippen molar-refractivity contribution in [3.63, 3.8) is 0 Å². The van der Waals surface area contributed by atoms with Gasteiger partial charge in [-0.2, -0.15) is 5.10 Å². The molecule has 0 aliphatic rings. The topological polar surface area (TPSA) is 42.5 Å². The maximum atomic E-state index is 12.8. The number of rotatable bonds is 5. The molecule has 0 saturated carbocycles. The number of carbonyl (C=O) groups is 1. The van der Waals surface area contributed by atoms with Crippen LogP contribution in [0.2, 0.25) is 0 Å². The molecule has 2 heterocycles. The van der Waals surface area contributed by atoms with Crippen LogP contribution in [0.4, 0.5) is 0 Å². The summed E-state index contributed by atoms with van der Waals surface area (Å²) in [6.45, 7) is 3.21. The molecule has 0 atom stereocenters. The second kappa shape index (κ2) is 6.52. The van der Waals surface area contributed by atoms with E-state index in [1.54, 1.807) is 10.7 Å². The highest BCUT2D eigenvalue weighted by molar-refractivity contribution is 5.99. The van der Waals surface area contributed by atoms with E-state index in [1.807, 2.05) is 78.3 Å². The van der Waals surface area contributed by atoms with Crippen molar-refractivity contribution in [3.05, 3.63) is 66.1 Å². The van der Waals surface area contributed by atoms with Gasteiger partial charge in [0.15, 0.2) is 0 Å². The summed E-state index contributed by atoms with van der Waals surface area (Å²) in [5.74, 6) is 0.00186. The largest absolute Gasteiger partial charge is 0.335 e. The minimum absolute atomic E-state index is 0.00186. The summed E-state index contributed by atoms with van der Waals surface area (Å²) in [7, 11) is 1.92. The van der Waals surface area contributed by atoms with Gasteiger partial charge in [-0.3, -0.25) is 4.79 Å². The van der Waals surface area contributed by atoms with E-state index in [4.69, 9.17) is 0 Å². The molecule has 0 radical (unpaired) electrons. The maximum Gasteiger partial charge on any atom is 0.259 e. The van der Waals surface area contributed by atoms with Crippen molar-refractivity contribution in [3.8, 4) is 0 Å². The van der Waals surface area contributed by atoms with Gasteiger partial charge in [-0.25, -0.2) is 4.52 Å². The molecule has 3 aromatic rings. The van der Waals surface area contributed by atoms with Gasteiger partial charge < -0.3 is 9.47 Å². The fraction of sp³-hybridized carbons (Fsp3) is 0.222. The normalized spacial score (nSPS) is 11.4. The number of hydrogen-bond donors (Lipinski definition) is 0. The lowest BCUT2D eigenvalue weighted by molar-refractivity contribution is 0.0784. The predicted octanol–water partition coefficient (Wildman–Crippen LogP) is 2.85. The first-order valence-corrected chi connectivity index (χ1v) is 7.70. The summed E-state index contributed by atoms with van der Waals surface area (Å²) in [4.78, 5) is 14.6. The van der Waals surface area contributed by atoms with Crippen molar-refractivity contribution in [2.24, 2.45) is 7.05 Å². The van der Waals surface area contributed by atoms with Crippen LogP contribution in [0.15, 0.2) is 55.0 Å². The van der Waals surface area contributed by atoms with E-state index in [0.717, 1.165) is 11.2 Å². The molecular formula is C18H20N4O. The molecule has 1 aromatic carbocycles. The summed E-state index contributed by atoms with van der Waals surface area (Å²) in [5, 5.41) is 4.24. The van der Waals surface area contributed by atoms with Gasteiger partial charge in [0.1, 0.15) is 11.2 Å². The monoisotopic (exact) mass is 308 g/mol. The molecule has 5 nitrogen and oxygen atoms in total. The number of benzene rings is 1. The van der Waals surface area contributed by atoms with Gasteiger partial charge in [0, 0.05) is 32.5 Å². The Hall–Kier alpha value is -2.82. The minimum atomic E-state index is 0.00186. The lowest BCUT2D eigenvalue weighted by Crippen LogP contribution is -2.31. The second-order valence-corrected chi connectivity index (χ2v) is 5.39. The van der Waals surface area contributed by atoms with Crippen molar-refractivity contribution in [2.45, 2.75) is 6.92 Å². The number of aromatic nitrogens is 3. The summed E-state index contributed by atoms with van der Waals surface area (Å²) in [5.41, 5.74) is 2.58. The third kappa shape index (κ3) is 3.04. The Morgan fingerprint density at radius 3 is 2.78 bits per heavy atom. The highest BCUT2D eigenvalue weighted by Crippen LogP contribution is 2.13. The van der Waals surface area contributed by atoms with Gasteiger partial charge in [-0.05, 0) is 12.5 Å². The lowest BCUT2D eigenvalue weighted by Gasteiger charge is -2.18. The van der Waals surface area contributed by atoms with Crippen molar-refractivity contribution in [1.29, 1.82) is 0 Å². The van der Waals surface area contributed by atoms with Crippen LogP contribution in [-0.4, -0.2) is 38.1 Å². The molecule has 118 valence electrons. The minimum Gasteiger partial charge on any atom is -0.335 e. The second-order valence-electron chi connectivity index (χ2n) is 5.39. The molecule has 3 rings (SSSR count). The van der Waals surface area contributed by atoms with Crippen LogP contribution in [-0.2, 0) is 7.05 Å². The van der Waals surface area contributed by atoms with E-state index < -0.39 is 0 Å². The standard InChI is InChI=1S/C18H20N4O/c1-3-21(11-7-10-15-8-5-4-6-9-15)18(23)16-14-19-22-13-12-20(2)17(16)22/h4-10,12-14H,3,11H2,1-2H3. The fourth-order valence-electron chi connectivity index (χ4n) is 2.61. The Morgan fingerprint density at radius 2 is 2.04 bits per heavy atom. The van der Waals surface area contributed by atoms with Crippen molar-refractivity contribution < 1.29 is 4.79 Å². The first-order chi connectivity index (χ1) is 11.2.